The number of aromatic nitrogens is 1. The number of fused-ring (bicyclic) bond motifs is 1. The molecular weight excluding hydrogens is 232 g/mol. The Hall–Kier alpha value is -0.130. The minimum Gasteiger partial charge on any atom is -0.397 e. The van der Waals surface area contributed by atoms with Gasteiger partial charge in [0.15, 0.2) is 0 Å². The monoisotopic (exact) mass is 234 g/mol. The molecule has 10 heavy (non-hydrogen) atoms. The zero-order valence-electron chi connectivity index (χ0n) is 4.80. The molecule has 0 amide bonds. The topological polar surface area (TPSA) is 38.9 Å². The van der Waals surface area contributed by atoms with Gasteiger partial charge in [0.1, 0.15) is 4.01 Å². The summed E-state index contributed by atoms with van der Waals surface area (Å²) in [7, 11) is 0. The van der Waals surface area contributed by atoms with Crippen LogP contribution >= 0.6 is 38.8 Å². The highest BCUT2D eigenvalue weighted by atomic mass is 79.9. The van der Waals surface area contributed by atoms with Gasteiger partial charge in [-0.2, -0.15) is 4.37 Å². The summed E-state index contributed by atoms with van der Waals surface area (Å²) >= 11 is 6.47. The van der Waals surface area contributed by atoms with Crippen molar-refractivity contribution in [3.8, 4) is 0 Å². The van der Waals surface area contributed by atoms with Crippen molar-refractivity contribution in [3.05, 3.63) is 9.98 Å². The number of nitrogen functional groups attached to an aromatic ring is 1. The molecule has 0 aromatic carbocycles. The van der Waals surface area contributed by atoms with E-state index in [1.54, 1.807) is 17.5 Å². The zero-order valence-corrected chi connectivity index (χ0v) is 8.02. The third kappa shape index (κ3) is 0.777. The fourth-order valence-corrected chi connectivity index (χ4v) is 3.44. The van der Waals surface area contributed by atoms with Crippen LogP contribution in [0.4, 0.5) is 5.69 Å². The number of hydrogen-bond donors (Lipinski definition) is 1. The third-order valence-electron chi connectivity index (χ3n) is 1.22. The molecule has 0 aliphatic carbocycles. The second-order valence-electron chi connectivity index (χ2n) is 1.82. The van der Waals surface area contributed by atoms with Gasteiger partial charge in [-0.25, -0.2) is 0 Å². The maximum absolute atomic E-state index is 5.71. The van der Waals surface area contributed by atoms with E-state index in [0.29, 0.717) is 0 Å². The number of nitrogens with zero attached hydrogens (tertiary/aromatic N) is 1. The van der Waals surface area contributed by atoms with Gasteiger partial charge in [-0.05, 0) is 27.5 Å². The number of anilines is 1. The average Bonchev–Trinajstić information content (AvgIpc) is 2.41. The van der Waals surface area contributed by atoms with E-state index in [9.17, 15) is 0 Å². The molecule has 0 aliphatic heterocycles. The minimum absolute atomic E-state index is 0.814. The number of nitrogens with two attached hydrogens (primary N) is 1. The lowest BCUT2D eigenvalue weighted by atomic mass is 10.4. The van der Waals surface area contributed by atoms with Crippen molar-refractivity contribution < 1.29 is 0 Å². The van der Waals surface area contributed by atoms with Crippen molar-refractivity contribution in [2.24, 2.45) is 0 Å². The van der Waals surface area contributed by atoms with Crippen LogP contribution in [0.25, 0.3) is 9.40 Å². The second kappa shape index (κ2) is 2.18. The van der Waals surface area contributed by atoms with Crippen LogP contribution in [-0.4, -0.2) is 4.37 Å². The van der Waals surface area contributed by atoms with Gasteiger partial charge in [-0.1, -0.05) is 0 Å². The van der Waals surface area contributed by atoms with Crippen LogP contribution in [0.2, 0.25) is 0 Å². The Morgan fingerprint density at radius 2 is 2.40 bits per heavy atom. The number of thiophene rings is 1. The first kappa shape index (κ1) is 6.57. The molecule has 2 heterocycles. The van der Waals surface area contributed by atoms with Crippen molar-refractivity contribution in [3.63, 3.8) is 0 Å². The van der Waals surface area contributed by atoms with Gasteiger partial charge in [-0.15, -0.1) is 11.3 Å². The molecule has 0 unspecified atom stereocenters. The molecule has 0 radical (unpaired) electrons. The highest BCUT2D eigenvalue weighted by Gasteiger charge is 2.07. The van der Waals surface area contributed by atoms with E-state index >= 15 is 0 Å². The average molecular weight is 235 g/mol. The molecule has 2 nitrogen and oxygen atoms in total. The smallest absolute Gasteiger partial charge is 0.110 e. The third-order valence-corrected chi connectivity index (χ3v) is 4.01. The molecule has 0 fully saturated rings. The van der Waals surface area contributed by atoms with Gasteiger partial charge < -0.3 is 5.73 Å². The summed E-state index contributed by atoms with van der Waals surface area (Å²) in [4.78, 5) is 0. The standard InChI is InChI=1S/C5H3BrN2S2/c6-4-3(7)2-1-8-10-5(2)9-4/h1H,7H2. The van der Waals surface area contributed by atoms with E-state index in [-0.39, 0.29) is 0 Å². The van der Waals surface area contributed by atoms with Crippen LogP contribution in [0.1, 0.15) is 0 Å². The lowest BCUT2D eigenvalue weighted by Crippen LogP contribution is -1.79. The summed E-state index contributed by atoms with van der Waals surface area (Å²) in [6, 6.07) is 0. The summed E-state index contributed by atoms with van der Waals surface area (Å²) < 4.78 is 6.21. The van der Waals surface area contributed by atoms with Crippen LogP contribution in [0.3, 0.4) is 0 Å². The summed E-state index contributed by atoms with van der Waals surface area (Å²) in [6.07, 6.45) is 1.80. The van der Waals surface area contributed by atoms with Gasteiger partial charge in [0.25, 0.3) is 0 Å². The predicted molar refractivity (Wildman–Crippen MR) is 49.6 cm³/mol. The van der Waals surface area contributed by atoms with Crippen molar-refractivity contribution in [2.75, 3.05) is 5.73 Å². The maximum Gasteiger partial charge on any atom is 0.110 e. The van der Waals surface area contributed by atoms with E-state index in [1.807, 2.05) is 0 Å². The highest BCUT2D eigenvalue weighted by Crippen LogP contribution is 2.39. The van der Waals surface area contributed by atoms with Gasteiger partial charge in [0.05, 0.1) is 15.7 Å². The molecule has 0 saturated carbocycles. The van der Waals surface area contributed by atoms with Gasteiger partial charge in [0.2, 0.25) is 0 Å². The van der Waals surface area contributed by atoms with Crippen molar-refractivity contribution >= 4 is 53.9 Å². The summed E-state index contributed by atoms with van der Waals surface area (Å²) in [6.45, 7) is 0. The quantitative estimate of drug-likeness (QED) is 0.762. The highest BCUT2D eigenvalue weighted by molar-refractivity contribution is 9.11. The van der Waals surface area contributed by atoms with Crippen molar-refractivity contribution in [1.29, 1.82) is 0 Å². The number of hydrogen-bond acceptors (Lipinski definition) is 4. The second-order valence-corrected chi connectivity index (χ2v) is 5.21. The Bertz CT molecular complexity index is 364. The molecule has 5 heteroatoms. The lowest BCUT2D eigenvalue weighted by Gasteiger charge is -1.82. The summed E-state index contributed by atoms with van der Waals surface area (Å²) in [5, 5.41) is 1.07. The first-order valence-electron chi connectivity index (χ1n) is 2.57. The predicted octanol–water partition coefficient (Wildman–Crippen LogP) is 2.70. The maximum atomic E-state index is 5.71. The molecule has 0 saturated heterocycles. The molecule has 2 rings (SSSR count). The van der Waals surface area contributed by atoms with Gasteiger partial charge in [0, 0.05) is 5.39 Å². The lowest BCUT2D eigenvalue weighted by molar-refractivity contribution is 1.61. The number of rotatable bonds is 0. The zero-order chi connectivity index (χ0) is 7.14. The summed E-state index contributed by atoms with van der Waals surface area (Å²) in [5.41, 5.74) is 6.53. The van der Waals surface area contributed by atoms with E-state index in [0.717, 1.165) is 14.9 Å². The fraction of sp³-hybridized carbons (Fsp3) is 0. The van der Waals surface area contributed by atoms with E-state index in [2.05, 4.69) is 20.3 Å². The van der Waals surface area contributed by atoms with Crippen LogP contribution < -0.4 is 5.73 Å². The molecule has 52 valence electrons. The van der Waals surface area contributed by atoms with Crippen LogP contribution in [0.5, 0.6) is 0 Å². The van der Waals surface area contributed by atoms with Crippen molar-refractivity contribution in [2.45, 2.75) is 0 Å². The Kier molecular flexibility index (Phi) is 1.43. The molecular formula is C5H3BrN2S2. The number of halogens is 1. The van der Waals surface area contributed by atoms with E-state index < -0.39 is 0 Å². The van der Waals surface area contributed by atoms with Crippen LogP contribution in [0, 0.1) is 0 Å². The van der Waals surface area contributed by atoms with E-state index in [1.165, 1.54) is 15.5 Å². The molecule has 0 aliphatic rings. The Morgan fingerprint density at radius 3 is 3.10 bits per heavy atom. The van der Waals surface area contributed by atoms with Crippen LogP contribution in [-0.2, 0) is 0 Å². The molecule has 0 atom stereocenters. The minimum atomic E-state index is 0.814. The largest absolute Gasteiger partial charge is 0.397 e. The normalized spacial score (nSPS) is 10.9. The van der Waals surface area contributed by atoms with Crippen molar-refractivity contribution in [1.82, 2.24) is 4.37 Å². The molecule has 2 aromatic rings. The Morgan fingerprint density at radius 1 is 1.60 bits per heavy atom. The summed E-state index contributed by atoms with van der Waals surface area (Å²) in [5.74, 6) is 0. The molecule has 2 aromatic heterocycles. The van der Waals surface area contributed by atoms with Gasteiger partial charge >= 0.3 is 0 Å². The van der Waals surface area contributed by atoms with Gasteiger partial charge in [-0.3, -0.25) is 0 Å². The van der Waals surface area contributed by atoms with E-state index in [4.69, 9.17) is 5.73 Å². The molecule has 0 spiro atoms. The SMILES string of the molecule is Nc1c(Br)sc2sncc12. The fourth-order valence-electron chi connectivity index (χ4n) is 0.724. The molecule has 2 N–H and O–H groups in total. The first-order valence-corrected chi connectivity index (χ1v) is 4.95. The Labute approximate surface area is 74.0 Å². The van der Waals surface area contributed by atoms with Crippen LogP contribution in [0.15, 0.2) is 9.98 Å². The molecule has 0 bridgehead atoms. The first-order chi connectivity index (χ1) is 4.79. The Balaban J connectivity index is 2.95.